The first-order chi connectivity index (χ1) is 11.6. The zero-order chi connectivity index (χ0) is 16.9. The van der Waals surface area contributed by atoms with Crippen molar-refractivity contribution in [1.29, 1.82) is 0 Å². The van der Waals surface area contributed by atoms with E-state index in [0.717, 1.165) is 27.2 Å². The molecule has 0 aliphatic heterocycles. The first kappa shape index (κ1) is 16.3. The number of aryl methyl sites for hydroxylation is 1. The second kappa shape index (κ2) is 7.32. The number of carbonyl (C=O) groups is 1. The number of nitrogens with one attached hydrogen (secondary N) is 1. The molecule has 0 saturated carbocycles. The lowest BCUT2D eigenvalue weighted by molar-refractivity contribution is 0.102. The summed E-state index contributed by atoms with van der Waals surface area (Å²) in [6.07, 6.45) is 0. The molecule has 0 aromatic heterocycles. The van der Waals surface area contributed by atoms with Crippen molar-refractivity contribution >= 4 is 27.5 Å². The van der Waals surface area contributed by atoms with Crippen LogP contribution in [-0.4, -0.2) is 5.91 Å². The molecule has 3 aromatic rings. The van der Waals surface area contributed by atoms with Gasteiger partial charge < -0.3 is 10.1 Å². The molecule has 0 fully saturated rings. The molecular formula is C20H16BrNO2. The minimum absolute atomic E-state index is 0.144. The molecule has 3 nitrogen and oxygen atoms in total. The summed E-state index contributed by atoms with van der Waals surface area (Å²) in [7, 11) is 0. The van der Waals surface area contributed by atoms with E-state index in [-0.39, 0.29) is 5.91 Å². The standard InChI is InChI=1S/C20H16BrNO2/c1-14-3-2-4-19(13-14)24-18-11-9-17(10-12-18)22-20(23)15-5-7-16(21)8-6-15/h2-13H,1H3,(H,22,23). The number of hydrogen-bond donors (Lipinski definition) is 1. The van der Waals surface area contributed by atoms with Gasteiger partial charge in [0.15, 0.2) is 0 Å². The van der Waals surface area contributed by atoms with Crippen LogP contribution >= 0.6 is 15.9 Å². The average Bonchev–Trinajstić information content (AvgIpc) is 2.57. The molecule has 0 bridgehead atoms. The Hall–Kier alpha value is -2.59. The van der Waals surface area contributed by atoms with Gasteiger partial charge in [-0.25, -0.2) is 0 Å². The van der Waals surface area contributed by atoms with Gasteiger partial charge >= 0.3 is 0 Å². The molecule has 0 spiro atoms. The number of carbonyl (C=O) groups excluding carboxylic acids is 1. The highest BCUT2D eigenvalue weighted by Gasteiger charge is 2.06. The molecule has 1 N–H and O–H groups in total. The van der Waals surface area contributed by atoms with Crippen LogP contribution in [0.3, 0.4) is 0 Å². The Labute approximate surface area is 149 Å². The van der Waals surface area contributed by atoms with Gasteiger partial charge in [0.25, 0.3) is 5.91 Å². The van der Waals surface area contributed by atoms with Crippen LogP contribution in [0.2, 0.25) is 0 Å². The smallest absolute Gasteiger partial charge is 0.255 e. The van der Waals surface area contributed by atoms with Gasteiger partial charge in [-0.05, 0) is 73.2 Å². The zero-order valence-electron chi connectivity index (χ0n) is 13.1. The Morgan fingerprint density at radius 1 is 0.917 bits per heavy atom. The van der Waals surface area contributed by atoms with Crippen molar-refractivity contribution in [1.82, 2.24) is 0 Å². The number of benzene rings is 3. The highest BCUT2D eigenvalue weighted by Crippen LogP contribution is 2.24. The van der Waals surface area contributed by atoms with Crippen LogP contribution in [0.15, 0.2) is 77.3 Å². The number of rotatable bonds is 4. The van der Waals surface area contributed by atoms with Gasteiger partial charge in [-0.3, -0.25) is 4.79 Å². The van der Waals surface area contributed by atoms with Crippen molar-refractivity contribution in [2.45, 2.75) is 6.92 Å². The summed E-state index contributed by atoms with van der Waals surface area (Å²) in [5, 5.41) is 2.87. The van der Waals surface area contributed by atoms with E-state index in [1.54, 1.807) is 12.1 Å². The minimum atomic E-state index is -0.144. The first-order valence-corrected chi connectivity index (χ1v) is 8.31. The van der Waals surface area contributed by atoms with E-state index < -0.39 is 0 Å². The van der Waals surface area contributed by atoms with Gasteiger partial charge in [0.1, 0.15) is 11.5 Å². The molecule has 0 unspecified atom stereocenters. The van der Waals surface area contributed by atoms with E-state index in [1.807, 2.05) is 67.6 Å². The van der Waals surface area contributed by atoms with Crippen LogP contribution in [0.4, 0.5) is 5.69 Å². The second-order valence-corrected chi connectivity index (χ2v) is 6.32. The second-order valence-electron chi connectivity index (χ2n) is 5.40. The third-order valence-corrected chi connectivity index (χ3v) is 3.97. The molecule has 3 rings (SSSR count). The third kappa shape index (κ3) is 4.24. The van der Waals surface area contributed by atoms with E-state index in [9.17, 15) is 4.79 Å². The third-order valence-electron chi connectivity index (χ3n) is 3.44. The Bertz CT molecular complexity index is 842. The summed E-state index contributed by atoms with van der Waals surface area (Å²) in [5.74, 6) is 1.37. The molecule has 0 saturated heterocycles. The van der Waals surface area contributed by atoms with Crippen LogP contribution in [0, 0.1) is 6.92 Å². The fourth-order valence-electron chi connectivity index (χ4n) is 2.23. The molecule has 24 heavy (non-hydrogen) atoms. The maximum atomic E-state index is 12.2. The van der Waals surface area contributed by atoms with Gasteiger partial charge in [0.05, 0.1) is 0 Å². The van der Waals surface area contributed by atoms with E-state index in [0.29, 0.717) is 5.56 Å². The van der Waals surface area contributed by atoms with Gasteiger partial charge in [-0.15, -0.1) is 0 Å². The number of hydrogen-bond acceptors (Lipinski definition) is 2. The molecule has 1 amide bonds. The topological polar surface area (TPSA) is 38.3 Å². The van der Waals surface area contributed by atoms with E-state index in [4.69, 9.17) is 4.74 Å². The summed E-state index contributed by atoms with van der Waals surface area (Å²) in [6.45, 7) is 2.02. The van der Waals surface area contributed by atoms with Crippen molar-refractivity contribution < 1.29 is 9.53 Å². The van der Waals surface area contributed by atoms with Crippen molar-refractivity contribution in [3.05, 3.63) is 88.4 Å². The Balaban J connectivity index is 1.66. The first-order valence-electron chi connectivity index (χ1n) is 7.52. The Morgan fingerprint density at radius 3 is 2.29 bits per heavy atom. The lowest BCUT2D eigenvalue weighted by Crippen LogP contribution is -2.11. The highest BCUT2D eigenvalue weighted by molar-refractivity contribution is 9.10. The minimum Gasteiger partial charge on any atom is -0.457 e. The molecule has 0 atom stereocenters. The predicted molar refractivity (Wildman–Crippen MR) is 99.8 cm³/mol. The predicted octanol–water partition coefficient (Wildman–Crippen LogP) is 5.80. The number of anilines is 1. The van der Waals surface area contributed by atoms with Gasteiger partial charge in [-0.2, -0.15) is 0 Å². The fourth-order valence-corrected chi connectivity index (χ4v) is 2.49. The number of amides is 1. The Kier molecular flexibility index (Phi) is 4.96. The molecular weight excluding hydrogens is 366 g/mol. The lowest BCUT2D eigenvalue weighted by atomic mass is 10.2. The van der Waals surface area contributed by atoms with E-state index in [2.05, 4.69) is 21.2 Å². The molecule has 0 aliphatic rings. The zero-order valence-corrected chi connectivity index (χ0v) is 14.7. The Morgan fingerprint density at radius 2 is 1.62 bits per heavy atom. The maximum Gasteiger partial charge on any atom is 0.255 e. The van der Waals surface area contributed by atoms with Crippen LogP contribution in [0.5, 0.6) is 11.5 Å². The quantitative estimate of drug-likeness (QED) is 0.619. The summed E-state index contributed by atoms with van der Waals surface area (Å²) < 4.78 is 6.74. The van der Waals surface area contributed by atoms with Gasteiger partial charge in [0, 0.05) is 15.7 Å². The molecule has 4 heteroatoms. The monoisotopic (exact) mass is 381 g/mol. The maximum absolute atomic E-state index is 12.2. The van der Waals surface area contributed by atoms with E-state index >= 15 is 0 Å². The molecule has 0 heterocycles. The summed E-state index contributed by atoms with van der Waals surface area (Å²) in [4.78, 5) is 12.2. The summed E-state index contributed by atoms with van der Waals surface area (Å²) in [6, 6.07) is 22.4. The van der Waals surface area contributed by atoms with Gasteiger partial charge in [-0.1, -0.05) is 28.1 Å². The fraction of sp³-hybridized carbons (Fsp3) is 0.0500. The van der Waals surface area contributed by atoms with E-state index in [1.165, 1.54) is 0 Å². The summed E-state index contributed by atoms with van der Waals surface area (Å²) in [5.41, 5.74) is 2.48. The normalized spacial score (nSPS) is 10.2. The highest BCUT2D eigenvalue weighted by atomic mass is 79.9. The SMILES string of the molecule is Cc1cccc(Oc2ccc(NC(=O)c3ccc(Br)cc3)cc2)c1. The van der Waals surface area contributed by atoms with Crippen LogP contribution in [-0.2, 0) is 0 Å². The molecule has 0 radical (unpaired) electrons. The van der Waals surface area contributed by atoms with Crippen LogP contribution in [0.1, 0.15) is 15.9 Å². The average molecular weight is 382 g/mol. The molecule has 0 aliphatic carbocycles. The molecule has 3 aromatic carbocycles. The summed E-state index contributed by atoms with van der Waals surface area (Å²) >= 11 is 3.36. The van der Waals surface area contributed by atoms with Crippen LogP contribution < -0.4 is 10.1 Å². The number of halogens is 1. The van der Waals surface area contributed by atoms with Gasteiger partial charge in [0.2, 0.25) is 0 Å². The van der Waals surface area contributed by atoms with Crippen molar-refractivity contribution in [2.24, 2.45) is 0 Å². The van der Waals surface area contributed by atoms with Crippen molar-refractivity contribution in [3.63, 3.8) is 0 Å². The van der Waals surface area contributed by atoms with Crippen molar-refractivity contribution in [2.75, 3.05) is 5.32 Å². The van der Waals surface area contributed by atoms with Crippen LogP contribution in [0.25, 0.3) is 0 Å². The lowest BCUT2D eigenvalue weighted by Gasteiger charge is -2.09. The largest absolute Gasteiger partial charge is 0.457 e. The number of ether oxygens (including phenoxy) is 1. The molecule has 120 valence electrons. The van der Waals surface area contributed by atoms with Crippen molar-refractivity contribution in [3.8, 4) is 11.5 Å².